The largest absolute Gasteiger partial charge is 0.444 e. The van der Waals surface area contributed by atoms with Gasteiger partial charge in [0.2, 0.25) is 5.89 Å². The fourth-order valence-corrected chi connectivity index (χ4v) is 1.89. The number of para-hydroxylation sites is 1. The lowest BCUT2D eigenvalue weighted by Gasteiger charge is -2.07. The van der Waals surface area contributed by atoms with Crippen molar-refractivity contribution in [3.63, 3.8) is 0 Å². The van der Waals surface area contributed by atoms with Gasteiger partial charge in [0.1, 0.15) is 12.0 Å². The molecule has 2 aromatic rings. The van der Waals surface area contributed by atoms with Gasteiger partial charge in [0, 0.05) is 12.6 Å². The Bertz CT molecular complexity index is 582. The molecule has 0 bridgehead atoms. The zero-order valence-corrected chi connectivity index (χ0v) is 10.7. The fourth-order valence-electron chi connectivity index (χ4n) is 1.89. The quantitative estimate of drug-likeness (QED) is 0.882. The van der Waals surface area contributed by atoms with E-state index in [2.05, 4.69) is 15.0 Å². The maximum Gasteiger partial charge on any atom is 0.387 e. The smallest absolute Gasteiger partial charge is 0.387 e. The summed E-state index contributed by atoms with van der Waals surface area (Å²) in [7, 11) is 0. The molecular weight excluding hydrogens is 266 g/mol. The number of ether oxygens (including phenoxy) is 1. The molecule has 1 aliphatic carbocycles. The maximum atomic E-state index is 12.4. The van der Waals surface area contributed by atoms with Gasteiger partial charge in [0.15, 0.2) is 0 Å². The van der Waals surface area contributed by atoms with E-state index < -0.39 is 6.61 Å². The van der Waals surface area contributed by atoms with Gasteiger partial charge in [-0.25, -0.2) is 4.98 Å². The van der Waals surface area contributed by atoms with Crippen LogP contribution in [0, 0.1) is 0 Å². The van der Waals surface area contributed by atoms with Gasteiger partial charge in [0.05, 0.1) is 11.3 Å². The van der Waals surface area contributed by atoms with Crippen LogP contribution in [0.3, 0.4) is 0 Å². The molecule has 106 valence electrons. The van der Waals surface area contributed by atoms with Gasteiger partial charge in [-0.05, 0) is 25.0 Å². The number of nitrogens with one attached hydrogen (secondary N) is 1. The van der Waals surface area contributed by atoms with E-state index in [0.29, 0.717) is 18.2 Å². The minimum Gasteiger partial charge on any atom is -0.444 e. The molecule has 1 heterocycles. The highest BCUT2D eigenvalue weighted by atomic mass is 19.3. The lowest BCUT2D eigenvalue weighted by Crippen LogP contribution is -2.15. The van der Waals surface area contributed by atoms with Crippen molar-refractivity contribution in [3.8, 4) is 17.2 Å². The molecule has 0 radical (unpaired) electrons. The normalized spacial score (nSPS) is 14.8. The van der Waals surface area contributed by atoms with Gasteiger partial charge in [-0.1, -0.05) is 12.1 Å². The Hall–Kier alpha value is -1.95. The first kappa shape index (κ1) is 13.1. The maximum absolute atomic E-state index is 12.4. The summed E-state index contributed by atoms with van der Waals surface area (Å²) in [5, 5.41) is 3.31. The van der Waals surface area contributed by atoms with Crippen molar-refractivity contribution in [2.24, 2.45) is 0 Å². The van der Waals surface area contributed by atoms with Crippen LogP contribution in [-0.4, -0.2) is 17.6 Å². The highest BCUT2D eigenvalue weighted by molar-refractivity contribution is 5.62. The number of aromatic nitrogens is 1. The molecule has 1 aromatic carbocycles. The summed E-state index contributed by atoms with van der Waals surface area (Å²) < 4.78 is 34.5. The van der Waals surface area contributed by atoms with E-state index in [1.165, 1.54) is 25.2 Å². The van der Waals surface area contributed by atoms with E-state index in [-0.39, 0.29) is 11.6 Å². The third kappa shape index (κ3) is 3.14. The molecule has 20 heavy (non-hydrogen) atoms. The molecule has 0 amide bonds. The van der Waals surface area contributed by atoms with Crippen LogP contribution in [0.5, 0.6) is 5.75 Å². The molecular formula is C14H14F2N2O2. The second-order valence-corrected chi connectivity index (χ2v) is 4.67. The van der Waals surface area contributed by atoms with E-state index in [4.69, 9.17) is 4.42 Å². The standard InChI is InChI=1S/C14H14F2N2O2/c15-14(16)20-12-4-2-1-3-11(12)13-18-10(8-19-13)7-17-9-5-6-9/h1-4,8-9,14,17H,5-7H2. The van der Waals surface area contributed by atoms with E-state index in [1.54, 1.807) is 18.2 Å². The molecule has 6 heteroatoms. The predicted molar refractivity (Wildman–Crippen MR) is 68.4 cm³/mol. The van der Waals surface area contributed by atoms with Gasteiger partial charge in [-0.2, -0.15) is 8.78 Å². The van der Waals surface area contributed by atoms with Crippen LogP contribution in [-0.2, 0) is 6.54 Å². The van der Waals surface area contributed by atoms with Crippen molar-refractivity contribution in [2.75, 3.05) is 0 Å². The number of hydrogen-bond donors (Lipinski definition) is 1. The summed E-state index contributed by atoms with van der Waals surface area (Å²) in [5.74, 6) is 0.347. The molecule has 3 rings (SSSR count). The number of hydrogen-bond acceptors (Lipinski definition) is 4. The zero-order chi connectivity index (χ0) is 13.9. The second kappa shape index (κ2) is 5.58. The molecule has 0 unspecified atom stereocenters. The summed E-state index contributed by atoms with van der Waals surface area (Å²) in [5.41, 5.74) is 1.17. The van der Waals surface area contributed by atoms with Crippen LogP contribution in [0.4, 0.5) is 8.78 Å². The number of alkyl halides is 2. The second-order valence-electron chi connectivity index (χ2n) is 4.67. The van der Waals surface area contributed by atoms with Crippen LogP contribution in [0.1, 0.15) is 18.5 Å². The highest BCUT2D eigenvalue weighted by Crippen LogP contribution is 2.30. The van der Waals surface area contributed by atoms with Crippen molar-refractivity contribution in [2.45, 2.75) is 32.0 Å². The number of oxazole rings is 1. The van der Waals surface area contributed by atoms with Crippen molar-refractivity contribution in [1.82, 2.24) is 10.3 Å². The number of nitrogens with zero attached hydrogens (tertiary/aromatic N) is 1. The minimum atomic E-state index is -2.87. The van der Waals surface area contributed by atoms with Gasteiger partial charge in [0.25, 0.3) is 0 Å². The summed E-state index contributed by atoms with van der Waals surface area (Å²) >= 11 is 0. The summed E-state index contributed by atoms with van der Waals surface area (Å²) in [6.07, 6.45) is 3.91. The summed E-state index contributed by atoms with van der Waals surface area (Å²) in [4.78, 5) is 4.29. The van der Waals surface area contributed by atoms with Gasteiger partial charge >= 0.3 is 6.61 Å². The monoisotopic (exact) mass is 280 g/mol. The molecule has 1 saturated carbocycles. The molecule has 1 aromatic heterocycles. The number of halogens is 2. The highest BCUT2D eigenvalue weighted by Gasteiger charge is 2.21. The molecule has 1 N–H and O–H groups in total. The SMILES string of the molecule is FC(F)Oc1ccccc1-c1nc(CNC2CC2)co1. The molecule has 0 atom stereocenters. The van der Waals surface area contributed by atoms with E-state index in [9.17, 15) is 8.78 Å². The van der Waals surface area contributed by atoms with Gasteiger partial charge in [-0.3, -0.25) is 0 Å². The average Bonchev–Trinajstić information content (AvgIpc) is 3.14. The van der Waals surface area contributed by atoms with Crippen molar-refractivity contribution in [3.05, 3.63) is 36.2 Å². The topological polar surface area (TPSA) is 47.3 Å². The Morgan fingerprint density at radius 2 is 2.15 bits per heavy atom. The third-order valence-corrected chi connectivity index (χ3v) is 3.03. The summed E-state index contributed by atoms with van der Waals surface area (Å²) in [6.45, 7) is -2.26. The molecule has 0 aliphatic heterocycles. The minimum absolute atomic E-state index is 0.0612. The van der Waals surface area contributed by atoms with Crippen LogP contribution >= 0.6 is 0 Å². The lowest BCUT2D eigenvalue weighted by molar-refractivity contribution is -0.0495. The first-order valence-corrected chi connectivity index (χ1v) is 6.44. The lowest BCUT2D eigenvalue weighted by atomic mass is 10.2. The Labute approximate surface area is 114 Å². The van der Waals surface area contributed by atoms with E-state index in [1.807, 2.05) is 0 Å². The Balaban J connectivity index is 1.77. The third-order valence-electron chi connectivity index (χ3n) is 3.03. The van der Waals surface area contributed by atoms with Gasteiger partial charge in [-0.15, -0.1) is 0 Å². The molecule has 1 fully saturated rings. The first-order valence-electron chi connectivity index (χ1n) is 6.44. The van der Waals surface area contributed by atoms with E-state index in [0.717, 1.165) is 5.69 Å². The van der Waals surface area contributed by atoms with Crippen LogP contribution in [0.2, 0.25) is 0 Å². The van der Waals surface area contributed by atoms with Crippen LogP contribution in [0.15, 0.2) is 34.9 Å². The predicted octanol–water partition coefficient (Wildman–Crippen LogP) is 3.20. The van der Waals surface area contributed by atoms with Crippen molar-refractivity contribution >= 4 is 0 Å². The Morgan fingerprint density at radius 1 is 1.35 bits per heavy atom. The molecule has 4 nitrogen and oxygen atoms in total. The first-order chi connectivity index (χ1) is 9.72. The van der Waals surface area contributed by atoms with Crippen LogP contribution in [0.25, 0.3) is 11.5 Å². The van der Waals surface area contributed by atoms with Crippen LogP contribution < -0.4 is 10.1 Å². The molecule has 0 saturated heterocycles. The summed E-state index contributed by atoms with van der Waals surface area (Å²) in [6, 6.07) is 7.03. The zero-order valence-electron chi connectivity index (χ0n) is 10.7. The molecule has 0 spiro atoms. The Kier molecular flexibility index (Phi) is 3.64. The molecule has 1 aliphatic rings. The fraction of sp³-hybridized carbons (Fsp3) is 0.357. The van der Waals surface area contributed by atoms with Crippen molar-refractivity contribution < 1.29 is 17.9 Å². The Morgan fingerprint density at radius 3 is 2.90 bits per heavy atom. The number of benzene rings is 1. The van der Waals surface area contributed by atoms with Crippen molar-refractivity contribution in [1.29, 1.82) is 0 Å². The van der Waals surface area contributed by atoms with Gasteiger partial charge < -0.3 is 14.5 Å². The number of rotatable bonds is 6. The van der Waals surface area contributed by atoms with E-state index >= 15 is 0 Å². The average molecular weight is 280 g/mol.